The van der Waals surface area contributed by atoms with Crippen molar-refractivity contribution in [1.29, 1.82) is 5.26 Å². The van der Waals surface area contributed by atoms with Crippen molar-refractivity contribution in [3.05, 3.63) is 204 Å². The molecule has 0 aliphatic carbocycles. The highest BCUT2D eigenvalue weighted by Gasteiger charge is 2.66. The molecule has 57 heavy (non-hydrogen) atoms. The van der Waals surface area contributed by atoms with Crippen LogP contribution in [0.15, 0.2) is 170 Å². The molecule has 7 aromatic rings. The molecule has 0 bridgehead atoms. The average Bonchev–Trinajstić information content (AvgIpc) is 3.80. The molecule has 1 amide bonds. The average molecular weight is 756 g/mol. The lowest BCUT2D eigenvalue weighted by Crippen LogP contribution is -2.52. The maximum Gasteiger partial charge on any atom is 0.338 e. The van der Waals surface area contributed by atoms with Crippen molar-refractivity contribution in [2.24, 2.45) is 0 Å². The van der Waals surface area contributed by atoms with Crippen LogP contribution in [0.1, 0.15) is 50.0 Å². The number of aromatic nitrogens is 3. The monoisotopic (exact) mass is 755 g/mol. The molecule has 0 saturated carbocycles. The Hall–Kier alpha value is -6.97. The summed E-state index contributed by atoms with van der Waals surface area (Å²) in [5.74, 6) is -1.01. The number of fused-ring (bicyclic) bond motifs is 1. The standard InChI is InChI=1S/C46H37N5O6/c1-44(54)39(29-55-46(34-21-11-4-12-22-34,35-23-13-5-14-24-35)36-25-15-6-16-26-36)57-45(30-47,43(44)56-42(53)33-19-9-3-10-20-33)38-28-27-37-40(48-31-49-51(37)38)50-41(52)32-17-7-2-8-18-32/h2-28,31,39,43,54H,29H2,1H3,(H,48,49,50,52)/t39-,43?,44?,45+/m1/s1. The quantitative estimate of drug-likeness (QED) is 0.104. The van der Waals surface area contributed by atoms with Gasteiger partial charge in [-0.1, -0.05) is 127 Å². The van der Waals surface area contributed by atoms with E-state index in [9.17, 15) is 20.0 Å². The molecule has 2 unspecified atom stereocenters. The summed E-state index contributed by atoms with van der Waals surface area (Å²) < 4.78 is 21.3. The van der Waals surface area contributed by atoms with Crippen molar-refractivity contribution in [3.8, 4) is 6.07 Å². The van der Waals surface area contributed by atoms with Crippen molar-refractivity contribution >= 4 is 23.2 Å². The van der Waals surface area contributed by atoms with E-state index >= 15 is 0 Å². The number of nitriles is 1. The van der Waals surface area contributed by atoms with E-state index in [1.54, 1.807) is 72.8 Å². The van der Waals surface area contributed by atoms with E-state index in [1.165, 1.54) is 17.8 Å². The van der Waals surface area contributed by atoms with Crippen LogP contribution in [-0.4, -0.2) is 56.0 Å². The van der Waals surface area contributed by atoms with Gasteiger partial charge in [-0.05, 0) is 60.0 Å². The van der Waals surface area contributed by atoms with Crippen molar-refractivity contribution in [3.63, 3.8) is 0 Å². The molecule has 0 radical (unpaired) electrons. The summed E-state index contributed by atoms with van der Waals surface area (Å²) in [5, 5.41) is 31.1. The fraction of sp³-hybridized carbons (Fsp3) is 0.152. The molecule has 1 saturated heterocycles. The minimum Gasteiger partial charge on any atom is -0.451 e. The summed E-state index contributed by atoms with van der Waals surface area (Å²) in [7, 11) is 0. The molecule has 8 rings (SSSR count). The topological polar surface area (TPSA) is 148 Å². The highest BCUT2D eigenvalue weighted by Crippen LogP contribution is 2.49. The minimum absolute atomic E-state index is 0.131. The van der Waals surface area contributed by atoms with Gasteiger partial charge in [0.15, 0.2) is 11.9 Å². The first-order valence-corrected chi connectivity index (χ1v) is 18.4. The zero-order chi connectivity index (χ0) is 39.5. The van der Waals surface area contributed by atoms with Crippen LogP contribution in [-0.2, 0) is 25.4 Å². The molecular weight excluding hydrogens is 719 g/mol. The van der Waals surface area contributed by atoms with Crippen LogP contribution in [0.5, 0.6) is 0 Å². The van der Waals surface area contributed by atoms with Crippen LogP contribution in [0.3, 0.4) is 0 Å². The maximum absolute atomic E-state index is 13.8. The second kappa shape index (κ2) is 15.3. The summed E-state index contributed by atoms with van der Waals surface area (Å²) in [6.45, 7) is 1.21. The molecule has 5 aromatic carbocycles. The summed E-state index contributed by atoms with van der Waals surface area (Å²) in [5.41, 5.74) is -1.81. The van der Waals surface area contributed by atoms with Crippen molar-refractivity contribution in [1.82, 2.24) is 14.6 Å². The lowest BCUT2D eigenvalue weighted by molar-refractivity contribution is -0.120. The van der Waals surface area contributed by atoms with Gasteiger partial charge in [-0.25, -0.2) is 14.3 Å². The Labute approximate surface area is 328 Å². The molecule has 282 valence electrons. The maximum atomic E-state index is 13.8. The number of esters is 1. The van der Waals surface area contributed by atoms with Gasteiger partial charge in [0.2, 0.25) is 5.60 Å². The number of ether oxygens (including phenoxy) is 3. The number of carbonyl (C=O) groups is 2. The zero-order valence-electron chi connectivity index (χ0n) is 30.8. The molecule has 2 aromatic heterocycles. The second-order valence-electron chi connectivity index (χ2n) is 13.9. The third-order valence-corrected chi connectivity index (χ3v) is 10.4. The Bertz CT molecular complexity index is 2450. The number of benzene rings is 5. The summed E-state index contributed by atoms with van der Waals surface area (Å²) in [4.78, 5) is 31.3. The first-order chi connectivity index (χ1) is 27.8. The van der Waals surface area contributed by atoms with Gasteiger partial charge in [-0.3, -0.25) is 4.79 Å². The minimum atomic E-state index is -2.14. The first-order valence-electron chi connectivity index (χ1n) is 18.4. The van der Waals surface area contributed by atoms with E-state index in [4.69, 9.17) is 14.2 Å². The number of rotatable bonds is 11. The summed E-state index contributed by atoms with van der Waals surface area (Å²) in [6, 6.07) is 51.6. The lowest BCUT2D eigenvalue weighted by atomic mass is 9.79. The van der Waals surface area contributed by atoms with Gasteiger partial charge in [-0.2, -0.15) is 10.4 Å². The van der Waals surface area contributed by atoms with Crippen LogP contribution in [0.2, 0.25) is 0 Å². The van der Waals surface area contributed by atoms with Crippen molar-refractivity contribution in [2.75, 3.05) is 11.9 Å². The van der Waals surface area contributed by atoms with Gasteiger partial charge >= 0.3 is 5.97 Å². The van der Waals surface area contributed by atoms with Gasteiger partial charge in [0.05, 0.1) is 17.9 Å². The van der Waals surface area contributed by atoms with E-state index in [0.717, 1.165) is 16.7 Å². The molecule has 11 nitrogen and oxygen atoms in total. The normalized spacial score (nSPS) is 20.4. The SMILES string of the molecule is CC1(O)C(OC(=O)c2ccccc2)[C@](C#N)(c2ccc3c(NC(=O)c4ccccc4)ncnn23)O[C@@H]1COC(c1ccccc1)(c1ccccc1)c1ccccc1. The third kappa shape index (κ3) is 6.62. The zero-order valence-corrected chi connectivity index (χ0v) is 30.8. The van der Waals surface area contributed by atoms with E-state index in [2.05, 4.69) is 21.5 Å². The molecule has 1 aliphatic heterocycles. The number of amides is 1. The Morgan fingerprint density at radius 3 is 1.82 bits per heavy atom. The molecule has 1 fully saturated rings. The highest BCUT2D eigenvalue weighted by molar-refractivity contribution is 6.05. The number of nitrogens with one attached hydrogen (secondary N) is 1. The second-order valence-corrected chi connectivity index (χ2v) is 13.9. The Morgan fingerprint density at radius 1 is 0.789 bits per heavy atom. The van der Waals surface area contributed by atoms with Crippen molar-refractivity contribution < 1.29 is 28.9 Å². The largest absolute Gasteiger partial charge is 0.451 e. The van der Waals surface area contributed by atoms with Gasteiger partial charge in [0.1, 0.15) is 35.2 Å². The van der Waals surface area contributed by atoms with E-state index in [1.807, 2.05) is 91.0 Å². The van der Waals surface area contributed by atoms with E-state index in [-0.39, 0.29) is 23.7 Å². The van der Waals surface area contributed by atoms with Gasteiger partial charge in [-0.15, -0.1) is 0 Å². The van der Waals surface area contributed by atoms with Crippen molar-refractivity contribution in [2.45, 2.75) is 35.9 Å². The molecule has 1 aliphatic rings. The van der Waals surface area contributed by atoms with Crippen LogP contribution in [0.4, 0.5) is 5.82 Å². The van der Waals surface area contributed by atoms with Gasteiger partial charge in [0, 0.05) is 5.56 Å². The molecule has 11 heteroatoms. The molecule has 2 N–H and O–H groups in total. The molecule has 0 spiro atoms. The lowest BCUT2D eigenvalue weighted by Gasteiger charge is -2.38. The van der Waals surface area contributed by atoms with Crippen LogP contribution in [0.25, 0.3) is 5.52 Å². The number of aliphatic hydroxyl groups is 1. The molecular formula is C46H37N5O6. The number of hydrogen-bond donors (Lipinski definition) is 2. The van der Waals surface area contributed by atoms with Gasteiger partial charge in [0.25, 0.3) is 5.91 Å². The van der Waals surface area contributed by atoms with Crippen LogP contribution >= 0.6 is 0 Å². The Morgan fingerprint density at radius 2 is 1.30 bits per heavy atom. The highest BCUT2D eigenvalue weighted by atomic mass is 16.6. The summed E-state index contributed by atoms with van der Waals surface area (Å²) in [6.07, 6.45) is -1.62. The number of nitrogens with zero attached hydrogens (tertiary/aromatic N) is 4. The molecule has 4 atom stereocenters. The smallest absolute Gasteiger partial charge is 0.338 e. The number of hydrogen-bond acceptors (Lipinski definition) is 9. The first kappa shape index (κ1) is 37.0. The molecule has 3 heterocycles. The van der Waals surface area contributed by atoms with Gasteiger partial charge < -0.3 is 24.6 Å². The predicted molar refractivity (Wildman–Crippen MR) is 211 cm³/mol. The fourth-order valence-electron chi connectivity index (χ4n) is 7.53. The Kier molecular flexibility index (Phi) is 9.91. The fourth-order valence-corrected chi connectivity index (χ4v) is 7.53. The summed E-state index contributed by atoms with van der Waals surface area (Å²) >= 11 is 0. The predicted octanol–water partition coefficient (Wildman–Crippen LogP) is 7.08. The number of anilines is 1. The number of carbonyl (C=O) groups excluding carboxylic acids is 2. The van der Waals surface area contributed by atoms with Crippen LogP contribution < -0.4 is 5.32 Å². The van der Waals surface area contributed by atoms with Crippen LogP contribution in [0, 0.1) is 11.3 Å². The van der Waals surface area contributed by atoms with E-state index in [0.29, 0.717) is 11.1 Å². The third-order valence-electron chi connectivity index (χ3n) is 10.4. The Balaban J connectivity index is 1.23. The van der Waals surface area contributed by atoms with E-state index < -0.39 is 40.9 Å².